The number of nitrogens with zero attached hydrogens (tertiary/aromatic N) is 1. The molecule has 1 atom stereocenters. The van der Waals surface area contributed by atoms with Gasteiger partial charge < -0.3 is 15.4 Å². The number of nitrogens with one attached hydrogen (secondary N) is 2. The highest BCUT2D eigenvalue weighted by atomic mass is 35.5. The predicted molar refractivity (Wildman–Crippen MR) is 98.5 cm³/mol. The van der Waals surface area contributed by atoms with Gasteiger partial charge in [-0.2, -0.15) is 0 Å². The molecule has 0 saturated heterocycles. The quantitative estimate of drug-likeness (QED) is 0.754. The van der Waals surface area contributed by atoms with E-state index in [9.17, 15) is 14.4 Å². The van der Waals surface area contributed by atoms with Gasteiger partial charge in [0, 0.05) is 18.8 Å². The molecule has 9 heteroatoms. The van der Waals surface area contributed by atoms with Crippen LogP contribution in [0.15, 0.2) is 36.5 Å². The lowest BCUT2D eigenvalue weighted by Gasteiger charge is -2.14. The van der Waals surface area contributed by atoms with Crippen molar-refractivity contribution in [1.29, 1.82) is 0 Å². The number of halogens is 2. The van der Waals surface area contributed by atoms with Gasteiger partial charge >= 0.3 is 5.97 Å². The molecule has 0 spiro atoms. The molecule has 2 aromatic rings. The van der Waals surface area contributed by atoms with Crippen LogP contribution in [-0.2, 0) is 14.3 Å². The molecular weight excluding hydrogens is 381 g/mol. The number of amides is 2. The van der Waals surface area contributed by atoms with Crippen LogP contribution in [-0.4, -0.2) is 28.9 Å². The standard InChI is InChI=1S/C17H15Cl2N3O4/c1-9(16(24)22-15-14(19)7-12(18)8-20-15)26-17(25)11-4-3-5-13(6-11)21-10(2)23/h3-9H,1-2H3,(H,21,23)(H,20,22,24)/t9-/m1/s1. The van der Waals surface area contributed by atoms with E-state index in [1.807, 2.05) is 0 Å². The van der Waals surface area contributed by atoms with Crippen molar-refractivity contribution >= 4 is 52.5 Å². The molecule has 136 valence electrons. The van der Waals surface area contributed by atoms with E-state index < -0.39 is 18.0 Å². The summed E-state index contributed by atoms with van der Waals surface area (Å²) in [5.41, 5.74) is 0.639. The van der Waals surface area contributed by atoms with Gasteiger partial charge in [0.1, 0.15) is 0 Å². The summed E-state index contributed by atoms with van der Waals surface area (Å²) in [5.74, 6) is -1.48. The average molecular weight is 396 g/mol. The molecular formula is C17H15Cl2N3O4. The molecule has 0 fully saturated rings. The Balaban J connectivity index is 2.01. The summed E-state index contributed by atoms with van der Waals surface area (Å²) in [4.78, 5) is 39.3. The zero-order valence-corrected chi connectivity index (χ0v) is 15.4. The van der Waals surface area contributed by atoms with Crippen LogP contribution in [0.1, 0.15) is 24.2 Å². The highest BCUT2D eigenvalue weighted by molar-refractivity contribution is 6.36. The van der Waals surface area contributed by atoms with Crippen molar-refractivity contribution in [3.05, 3.63) is 52.1 Å². The van der Waals surface area contributed by atoms with E-state index in [4.69, 9.17) is 27.9 Å². The van der Waals surface area contributed by atoms with E-state index in [-0.39, 0.29) is 22.3 Å². The molecule has 0 unspecified atom stereocenters. The molecule has 0 aliphatic heterocycles. The average Bonchev–Trinajstić information content (AvgIpc) is 2.56. The molecule has 1 heterocycles. The molecule has 0 aliphatic carbocycles. The third kappa shape index (κ3) is 5.44. The van der Waals surface area contributed by atoms with Gasteiger partial charge in [-0.05, 0) is 31.2 Å². The van der Waals surface area contributed by atoms with Crippen LogP contribution in [0.4, 0.5) is 11.5 Å². The summed E-state index contributed by atoms with van der Waals surface area (Å²) in [5, 5.41) is 5.50. The lowest BCUT2D eigenvalue weighted by Crippen LogP contribution is -2.30. The Bertz CT molecular complexity index is 858. The maximum absolute atomic E-state index is 12.2. The van der Waals surface area contributed by atoms with Crippen LogP contribution in [0.5, 0.6) is 0 Å². The number of pyridine rings is 1. The van der Waals surface area contributed by atoms with Gasteiger partial charge in [-0.3, -0.25) is 9.59 Å². The van der Waals surface area contributed by atoms with Gasteiger partial charge in [-0.1, -0.05) is 29.3 Å². The number of anilines is 2. The second-order valence-electron chi connectivity index (χ2n) is 5.28. The highest BCUT2D eigenvalue weighted by Crippen LogP contribution is 2.22. The van der Waals surface area contributed by atoms with E-state index in [2.05, 4.69) is 15.6 Å². The lowest BCUT2D eigenvalue weighted by atomic mass is 10.2. The largest absolute Gasteiger partial charge is 0.449 e. The Morgan fingerprint density at radius 1 is 1.15 bits per heavy atom. The summed E-state index contributed by atoms with van der Waals surface area (Å²) in [6.45, 7) is 2.77. The first-order chi connectivity index (χ1) is 12.3. The van der Waals surface area contributed by atoms with Crippen LogP contribution in [0.25, 0.3) is 0 Å². The molecule has 0 saturated carbocycles. The lowest BCUT2D eigenvalue weighted by molar-refractivity contribution is -0.123. The van der Waals surface area contributed by atoms with Gasteiger partial charge in [0.15, 0.2) is 11.9 Å². The maximum Gasteiger partial charge on any atom is 0.338 e. The maximum atomic E-state index is 12.2. The fourth-order valence-corrected chi connectivity index (χ4v) is 2.36. The Morgan fingerprint density at radius 2 is 1.88 bits per heavy atom. The summed E-state index contributed by atoms with van der Waals surface area (Å²) in [7, 11) is 0. The Morgan fingerprint density at radius 3 is 2.54 bits per heavy atom. The van der Waals surface area contributed by atoms with Crippen LogP contribution in [0, 0.1) is 0 Å². The monoisotopic (exact) mass is 395 g/mol. The van der Waals surface area contributed by atoms with Crippen LogP contribution < -0.4 is 10.6 Å². The third-order valence-corrected chi connectivity index (χ3v) is 3.62. The zero-order chi connectivity index (χ0) is 19.3. The van der Waals surface area contributed by atoms with Gasteiger partial charge in [0.05, 0.1) is 15.6 Å². The van der Waals surface area contributed by atoms with Crippen LogP contribution in [0.2, 0.25) is 10.0 Å². The van der Waals surface area contributed by atoms with Gasteiger partial charge in [0.25, 0.3) is 5.91 Å². The van der Waals surface area contributed by atoms with Crippen molar-refractivity contribution in [3.63, 3.8) is 0 Å². The molecule has 0 radical (unpaired) electrons. The fourth-order valence-electron chi connectivity index (χ4n) is 1.93. The summed E-state index contributed by atoms with van der Waals surface area (Å²) in [6, 6.07) is 7.60. The van der Waals surface area contributed by atoms with Crippen molar-refractivity contribution in [2.75, 3.05) is 10.6 Å². The normalized spacial score (nSPS) is 11.4. The summed E-state index contributed by atoms with van der Waals surface area (Å²) >= 11 is 11.7. The molecule has 2 amide bonds. The van der Waals surface area contributed by atoms with Crippen molar-refractivity contribution < 1.29 is 19.1 Å². The zero-order valence-electron chi connectivity index (χ0n) is 13.9. The fraction of sp³-hybridized carbons (Fsp3) is 0.176. The smallest absolute Gasteiger partial charge is 0.338 e. The van der Waals surface area contributed by atoms with Gasteiger partial charge in [0.2, 0.25) is 5.91 Å². The van der Waals surface area contributed by atoms with Crippen LogP contribution >= 0.6 is 23.2 Å². The van der Waals surface area contributed by atoms with Gasteiger partial charge in [-0.15, -0.1) is 0 Å². The second-order valence-corrected chi connectivity index (χ2v) is 6.13. The number of esters is 1. The molecule has 26 heavy (non-hydrogen) atoms. The van der Waals surface area contributed by atoms with Crippen molar-refractivity contribution in [2.24, 2.45) is 0 Å². The molecule has 2 N–H and O–H groups in total. The Hall–Kier alpha value is -2.64. The third-order valence-electron chi connectivity index (χ3n) is 3.12. The Labute approximate surface area is 159 Å². The number of hydrogen-bond donors (Lipinski definition) is 2. The first kappa shape index (κ1) is 19.7. The second kappa shape index (κ2) is 8.64. The number of ether oxygens (including phenoxy) is 1. The topological polar surface area (TPSA) is 97.4 Å². The Kier molecular flexibility index (Phi) is 6.54. The van der Waals surface area contributed by atoms with Crippen molar-refractivity contribution in [3.8, 4) is 0 Å². The summed E-state index contributed by atoms with van der Waals surface area (Å²) < 4.78 is 5.13. The number of benzene rings is 1. The first-order valence-corrected chi connectivity index (χ1v) is 8.22. The number of rotatable bonds is 5. The molecule has 0 aliphatic rings. The van der Waals surface area contributed by atoms with E-state index in [1.54, 1.807) is 12.1 Å². The number of hydrogen-bond acceptors (Lipinski definition) is 5. The minimum absolute atomic E-state index is 0.108. The molecule has 7 nitrogen and oxygen atoms in total. The molecule has 1 aromatic heterocycles. The predicted octanol–water partition coefficient (Wildman–Crippen LogP) is 3.53. The van der Waals surface area contributed by atoms with Crippen molar-refractivity contribution in [1.82, 2.24) is 4.98 Å². The van der Waals surface area contributed by atoms with Gasteiger partial charge in [-0.25, -0.2) is 9.78 Å². The number of aromatic nitrogens is 1. The van der Waals surface area contributed by atoms with E-state index in [0.29, 0.717) is 10.7 Å². The molecule has 1 aromatic carbocycles. The first-order valence-electron chi connectivity index (χ1n) is 7.47. The van der Waals surface area contributed by atoms with E-state index in [1.165, 1.54) is 38.2 Å². The molecule has 2 rings (SSSR count). The SMILES string of the molecule is CC(=O)Nc1cccc(C(=O)O[C@H](C)C(=O)Nc2ncc(Cl)cc2Cl)c1. The molecule has 0 bridgehead atoms. The highest BCUT2D eigenvalue weighted by Gasteiger charge is 2.20. The van der Waals surface area contributed by atoms with E-state index in [0.717, 1.165) is 0 Å². The summed E-state index contributed by atoms with van der Waals surface area (Å²) in [6.07, 6.45) is 0.230. The van der Waals surface area contributed by atoms with Crippen molar-refractivity contribution in [2.45, 2.75) is 20.0 Å². The van der Waals surface area contributed by atoms with Crippen LogP contribution in [0.3, 0.4) is 0 Å². The minimum Gasteiger partial charge on any atom is -0.449 e. The number of carbonyl (C=O) groups excluding carboxylic acids is 3. The minimum atomic E-state index is -1.10. The van der Waals surface area contributed by atoms with E-state index >= 15 is 0 Å². The number of carbonyl (C=O) groups is 3.